The summed E-state index contributed by atoms with van der Waals surface area (Å²) in [6.45, 7) is 3.87. The summed E-state index contributed by atoms with van der Waals surface area (Å²) in [6.07, 6.45) is 0. The number of nitrogens with zero attached hydrogens (tertiary/aromatic N) is 1. The molecular formula is C26H28N2O3. The molecule has 3 aromatic rings. The number of hydrogen-bond acceptors (Lipinski definition) is 4. The average Bonchev–Trinajstić information content (AvgIpc) is 2.98. The van der Waals surface area contributed by atoms with Gasteiger partial charge in [-0.3, -0.25) is 9.69 Å². The van der Waals surface area contributed by atoms with Gasteiger partial charge in [0.2, 0.25) is 5.91 Å². The van der Waals surface area contributed by atoms with E-state index in [1.54, 1.807) is 14.2 Å². The molecule has 0 saturated heterocycles. The van der Waals surface area contributed by atoms with E-state index in [-0.39, 0.29) is 11.9 Å². The first-order valence-corrected chi connectivity index (χ1v) is 10.5. The molecule has 1 aliphatic heterocycles. The first kappa shape index (κ1) is 20.9. The Labute approximate surface area is 183 Å². The Kier molecular flexibility index (Phi) is 6.23. The topological polar surface area (TPSA) is 50.8 Å². The van der Waals surface area contributed by atoms with E-state index in [1.165, 1.54) is 22.3 Å². The van der Waals surface area contributed by atoms with Crippen molar-refractivity contribution in [3.8, 4) is 22.6 Å². The van der Waals surface area contributed by atoms with Crippen LogP contribution in [0.3, 0.4) is 0 Å². The van der Waals surface area contributed by atoms with Gasteiger partial charge in [-0.15, -0.1) is 0 Å². The number of benzene rings is 3. The van der Waals surface area contributed by atoms with Crippen LogP contribution in [0, 0.1) is 0 Å². The van der Waals surface area contributed by atoms with Gasteiger partial charge in [-0.05, 0) is 46.9 Å². The minimum absolute atomic E-state index is 0.00615. The van der Waals surface area contributed by atoms with Gasteiger partial charge >= 0.3 is 0 Å². The molecule has 1 amide bonds. The number of ether oxygens (including phenoxy) is 2. The molecule has 1 heterocycles. The molecule has 1 N–H and O–H groups in total. The van der Waals surface area contributed by atoms with Crippen LogP contribution in [-0.4, -0.2) is 31.1 Å². The summed E-state index contributed by atoms with van der Waals surface area (Å²) in [7, 11) is 3.22. The molecule has 0 spiro atoms. The van der Waals surface area contributed by atoms with E-state index in [0.29, 0.717) is 18.0 Å². The number of amides is 1. The molecule has 0 radical (unpaired) electrons. The lowest BCUT2D eigenvalue weighted by Crippen LogP contribution is -2.44. The zero-order valence-electron chi connectivity index (χ0n) is 18.2. The summed E-state index contributed by atoms with van der Waals surface area (Å²) in [5.74, 6) is 1.34. The number of methoxy groups -OCH3 is 2. The van der Waals surface area contributed by atoms with Crippen molar-refractivity contribution in [2.45, 2.75) is 32.6 Å². The second-order valence-corrected chi connectivity index (χ2v) is 7.80. The molecule has 0 bridgehead atoms. The van der Waals surface area contributed by atoms with Crippen LogP contribution in [0.2, 0.25) is 0 Å². The van der Waals surface area contributed by atoms with Crippen molar-refractivity contribution in [1.82, 2.24) is 10.2 Å². The van der Waals surface area contributed by atoms with Gasteiger partial charge in [-0.2, -0.15) is 0 Å². The molecule has 1 unspecified atom stereocenters. The fraction of sp³-hybridized carbons (Fsp3) is 0.269. The first-order valence-electron chi connectivity index (χ1n) is 10.5. The fourth-order valence-electron chi connectivity index (χ4n) is 4.10. The van der Waals surface area contributed by atoms with Gasteiger partial charge in [0.1, 0.15) is 0 Å². The largest absolute Gasteiger partial charge is 0.493 e. The molecule has 0 aromatic heterocycles. The van der Waals surface area contributed by atoms with Crippen molar-refractivity contribution < 1.29 is 14.3 Å². The third-order valence-electron chi connectivity index (χ3n) is 5.91. The van der Waals surface area contributed by atoms with E-state index < -0.39 is 0 Å². The van der Waals surface area contributed by atoms with Gasteiger partial charge < -0.3 is 14.8 Å². The van der Waals surface area contributed by atoms with E-state index in [0.717, 1.165) is 18.7 Å². The first-order chi connectivity index (χ1) is 15.1. The minimum Gasteiger partial charge on any atom is -0.493 e. The van der Waals surface area contributed by atoms with Crippen molar-refractivity contribution in [3.05, 3.63) is 83.4 Å². The van der Waals surface area contributed by atoms with E-state index in [2.05, 4.69) is 58.7 Å². The molecule has 1 atom stereocenters. The van der Waals surface area contributed by atoms with Crippen LogP contribution in [0.25, 0.3) is 11.1 Å². The Hall–Kier alpha value is -3.31. The van der Waals surface area contributed by atoms with E-state index >= 15 is 0 Å². The second-order valence-electron chi connectivity index (χ2n) is 7.80. The summed E-state index contributed by atoms with van der Waals surface area (Å²) in [4.78, 5) is 15.3. The van der Waals surface area contributed by atoms with Crippen molar-refractivity contribution in [2.75, 3.05) is 14.2 Å². The summed E-state index contributed by atoms with van der Waals surface area (Å²) < 4.78 is 10.6. The lowest BCUT2D eigenvalue weighted by atomic mass is 9.97. The van der Waals surface area contributed by atoms with Crippen molar-refractivity contribution in [2.24, 2.45) is 0 Å². The van der Waals surface area contributed by atoms with E-state index in [1.807, 2.05) is 25.1 Å². The standard InChI is InChI=1S/C26H28N2O3/c1-18(26(29)27-15-19-12-13-24(30-2)25(14-19)31-3)28-16-20-8-4-6-10-22(20)23-11-7-5-9-21(23)17-28/h4-14,18H,15-17H2,1-3H3,(H,27,29). The molecule has 5 heteroatoms. The highest BCUT2D eigenvalue weighted by Crippen LogP contribution is 2.33. The summed E-state index contributed by atoms with van der Waals surface area (Å²) in [5.41, 5.74) is 5.95. The Morgan fingerprint density at radius 3 is 2.06 bits per heavy atom. The van der Waals surface area contributed by atoms with Crippen LogP contribution < -0.4 is 14.8 Å². The Morgan fingerprint density at radius 2 is 1.48 bits per heavy atom. The zero-order valence-corrected chi connectivity index (χ0v) is 18.2. The monoisotopic (exact) mass is 416 g/mol. The molecule has 4 rings (SSSR count). The van der Waals surface area contributed by atoms with Crippen LogP contribution in [0.5, 0.6) is 11.5 Å². The molecule has 1 aliphatic rings. The normalized spacial score (nSPS) is 14.0. The molecule has 31 heavy (non-hydrogen) atoms. The third-order valence-corrected chi connectivity index (χ3v) is 5.91. The smallest absolute Gasteiger partial charge is 0.237 e. The molecule has 3 aromatic carbocycles. The number of carbonyl (C=O) groups excluding carboxylic acids is 1. The molecular weight excluding hydrogens is 388 g/mol. The molecule has 0 aliphatic carbocycles. The zero-order chi connectivity index (χ0) is 21.8. The van der Waals surface area contributed by atoms with Gasteiger partial charge in [0.25, 0.3) is 0 Å². The van der Waals surface area contributed by atoms with Crippen molar-refractivity contribution in [3.63, 3.8) is 0 Å². The van der Waals surface area contributed by atoms with Crippen LogP contribution >= 0.6 is 0 Å². The Balaban J connectivity index is 1.49. The Bertz CT molecular complexity index is 1030. The van der Waals surface area contributed by atoms with Gasteiger partial charge in [0.05, 0.1) is 20.3 Å². The predicted molar refractivity (Wildman–Crippen MR) is 122 cm³/mol. The highest BCUT2D eigenvalue weighted by molar-refractivity contribution is 5.81. The SMILES string of the molecule is COc1ccc(CNC(=O)C(C)N2Cc3ccccc3-c3ccccc3C2)cc1OC. The van der Waals surface area contributed by atoms with Gasteiger partial charge in [-0.1, -0.05) is 54.6 Å². The molecule has 0 fully saturated rings. The van der Waals surface area contributed by atoms with Gasteiger partial charge in [0, 0.05) is 19.6 Å². The predicted octanol–water partition coefficient (Wildman–Crippen LogP) is 4.39. The maximum absolute atomic E-state index is 13.0. The summed E-state index contributed by atoms with van der Waals surface area (Å²) in [5, 5.41) is 3.08. The van der Waals surface area contributed by atoms with E-state index in [4.69, 9.17) is 9.47 Å². The number of fused-ring (bicyclic) bond motifs is 3. The second kappa shape index (κ2) is 9.23. The van der Waals surface area contributed by atoms with Gasteiger partial charge in [-0.25, -0.2) is 0 Å². The van der Waals surface area contributed by atoms with E-state index in [9.17, 15) is 4.79 Å². The maximum atomic E-state index is 13.0. The lowest BCUT2D eigenvalue weighted by molar-refractivity contribution is -0.126. The lowest BCUT2D eigenvalue weighted by Gasteiger charge is -2.27. The summed E-state index contributed by atoms with van der Waals surface area (Å²) in [6, 6.07) is 22.3. The fourth-order valence-corrected chi connectivity index (χ4v) is 4.10. The quantitative estimate of drug-likeness (QED) is 0.648. The van der Waals surface area contributed by atoms with Crippen molar-refractivity contribution in [1.29, 1.82) is 0 Å². The molecule has 5 nitrogen and oxygen atoms in total. The van der Waals surface area contributed by atoms with Crippen LogP contribution in [0.4, 0.5) is 0 Å². The maximum Gasteiger partial charge on any atom is 0.237 e. The van der Waals surface area contributed by atoms with Gasteiger partial charge in [0.15, 0.2) is 11.5 Å². The van der Waals surface area contributed by atoms with Crippen LogP contribution in [0.15, 0.2) is 66.7 Å². The highest BCUT2D eigenvalue weighted by Gasteiger charge is 2.26. The molecule has 0 saturated carbocycles. The average molecular weight is 417 g/mol. The third kappa shape index (κ3) is 4.42. The number of rotatable bonds is 6. The summed E-state index contributed by atoms with van der Waals surface area (Å²) >= 11 is 0. The Morgan fingerprint density at radius 1 is 0.903 bits per heavy atom. The number of nitrogens with one attached hydrogen (secondary N) is 1. The van der Waals surface area contributed by atoms with Crippen LogP contribution in [-0.2, 0) is 24.4 Å². The van der Waals surface area contributed by atoms with Crippen LogP contribution in [0.1, 0.15) is 23.6 Å². The highest BCUT2D eigenvalue weighted by atomic mass is 16.5. The number of carbonyl (C=O) groups is 1. The minimum atomic E-state index is -0.264. The number of hydrogen-bond donors (Lipinski definition) is 1. The molecule has 160 valence electrons. The van der Waals surface area contributed by atoms with Crippen molar-refractivity contribution >= 4 is 5.91 Å².